The van der Waals surface area contributed by atoms with Crippen LogP contribution in [0.15, 0.2) is 73.1 Å². The standard InChI is InChI=1S/C22H16FN3O3/c23-14-8-9-20-17(11-14)18(13-26(20)12-15-5-3-4-10-24-15)21(27)25-19-7-2-1-6-16(19)22(28)29/h1-11,13H,12H2,(H,25,27)(H,28,29). The van der Waals surface area contributed by atoms with Crippen LogP contribution in [0.5, 0.6) is 0 Å². The maximum Gasteiger partial charge on any atom is 0.337 e. The average Bonchev–Trinajstić information content (AvgIpc) is 3.06. The molecule has 0 aliphatic heterocycles. The number of rotatable bonds is 5. The SMILES string of the molecule is O=C(O)c1ccccc1NC(=O)c1cn(Cc2ccccn2)c2ccc(F)cc12. The number of aromatic carboxylic acids is 1. The van der Waals surface area contributed by atoms with Gasteiger partial charge in [-0.05, 0) is 42.5 Å². The van der Waals surface area contributed by atoms with E-state index in [2.05, 4.69) is 10.3 Å². The van der Waals surface area contributed by atoms with Gasteiger partial charge in [0.1, 0.15) is 5.82 Å². The highest BCUT2D eigenvalue weighted by Gasteiger charge is 2.18. The highest BCUT2D eigenvalue weighted by atomic mass is 19.1. The maximum atomic E-state index is 13.9. The molecule has 4 aromatic rings. The van der Waals surface area contributed by atoms with Crippen molar-refractivity contribution in [1.82, 2.24) is 9.55 Å². The Hall–Kier alpha value is -4.00. The number of amides is 1. The number of aromatic nitrogens is 2. The topological polar surface area (TPSA) is 84.2 Å². The molecular weight excluding hydrogens is 373 g/mol. The van der Waals surface area contributed by atoms with Crippen LogP contribution in [0, 0.1) is 5.82 Å². The number of nitrogens with one attached hydrogen (secondary N) is 1. The van der Waals surface area contributed by atoms with Crippen molar-refractivity contribution in [2.75, 3.05) is 5.32 Å². The number of para-hydroxylation sites is 1. The third-order valence-corrected chi connectivity index (χ3v) is 4.55. The van der Waals surface area contributed by atoms with E-state index in [1.54, 1.807) is 30.6 Å². The summed E-state index contributed by atoms with van der Waals surface area (Å²) in [6, 6.07) is 15.9. The highest BCUT2D eigenvalue weighted by molar-refractivity contribution is 6.14. The Labute approximate surface area is 165 Å². The Morgan fingerprint density at radius 2 is 1.83 bits per heavy atom. The number of carboxylic acid groups (broad SMARTS) is 1. The summed E-state index contributed by atoms with van der Waals surface area (Å²) in [5.74, 6) is -2.13. The summed E-state index contributed by atoms with van der Waals surface area (Å²) in [4.78, 5) is 28.6. The van der Waals surface area contributed by atoms with Gasteiger partial charge in [0.15, 0.2) is 0 Å². The zero-order chi connectivity index (χ0) is 20.4. The summed E-state index contributed by atoms with van der Waals surface area (Å²) in [6.45, 7) is 0.405. The summed E-state index contributed by atoms with van der Waals surface area (Å²) < 4.78 is 15.7. The van der Waals surface area contributed by atoms with E-state index in [1.807, 2.05) is 22.8 Å². The zero-order valence-corrected chi connectivity index (χ0v) is 15.2. The summed E-state index contributed by atoms with van der Waals surface area (Å²) in [7, 11) is 0. The number of fused-ring (bicyclic) bond motifs is 1. The van der Waals surface area contributed by atoms with E-state index in [-0.39, 0.29) is 16.8 Å². The second kappa shape index (κ2) is 7.55. The van der Waals surface area contributed by atoms with Gasteiger partial charge < -0.3 is 15.0 Å². The van der Waals surface area contributed by atoms with E-state index >= 15 is 0 Å². The Bertz CT molecular complexity index is 1220. The quantitative estimate of drug-likeness (QED) is 0.536. The monoisotopic (exact) mass is 389 g/mol. The largest absolute Gasteiger partial charge is 0.478 e. The first-order valence-electron chi connectivity index (χ1n) is 8.85. The molecule has 0 spiro atoms. The fourth-order valence-corrected chi connectivity index (χ4v) is 3.22. The van der Waals surface area contributed by atoms with Crippen LogP contribution in [0.2, 0.25) is 0 Å². The van der Waals surface area contributed by atoms with E-state index in [4.69, 9.17) is 0 Å². The van der Waals surface area contributed by atoms with Crippen LogP contribution in [-0.4, -0.2) is 26.5 Å². The van der Waals surface area contributed by atoms with Gasteiger partial charge in [-0.15, -0.1) is 0 Å². The van der Waals surface area contributed by atoms with Crippen molar-refractivity contribution in [3.8, 4) is 0 Å². The molecule has 0 unspecified atom stereocenters. The molecule has 1 amide bonds. The number of benzene rings is 2. The molecule has 2 aromatic carbocycles. The molecule has 2 heterocycles. The van der Waals surface area contributed by atoms with E-state index in [0.717, 1.165) is 5.69 Å². The number of halogens is 1. The number of carbonyl (C=O) groups is 2. The van der Waals surface area contributed by atoms with Crippen molar-refractivity contribution in [3.05, 3.63) is 95.7 Å². The van der Waals surface area contributed by atoms with Gasteiger partial charge in [-0.3, -0.25) is 9.78 Å². The lowest BCUT2D eigenvalue weighted by Gasteiger charge is -2.07. The number of hydrogen-bond acceptors (Lipinski definition) is 3. The lowest BCUT2D eigenvalue weighted by Crippen LogP contribution is -2.14. The molecule has 0 bridgehead atoms. The molecule has 6 nitrogen and oxygen atoms in total. The van der Waals surface area contributed by atoms with Crippen molar-refractivity contribution in [1.29, 1.82) is 0 Å². The molecule has 0 atom stereocenters. The summed E-state index contributed by atoms with van der Waals surface area (Å²) in [5.41, 5.74) is 1.86. The maximum absolute atomic E-state index is 13.9. The van der Waals surface area contributed by atoms with Crippen LogP contribution >= 0.6 is 0 Å². The smallest absolute Gasteiger partial charge is 0.337 e. The highest BCUT2D eigenvalue weighted by Crippen LogP contribution is 2.25. The zero-order valence-electron chi connectivity index (χ0n) is 15.2. The minimum Gasteiger partial charge on any atom is -0.478 e. The normalized spacial score (nSPS) is 10.8. The van der Waals surface area contributed by atoms with Crippen LogP contribution < -0.4 is 5.32 Å². The number of hydrogen-bond donors (Lipinski definition) is 2. The van der Waals surface area contributed by atoms with Gasteiger partial charge >= 0.3 is 5.97 Å². The Morgan fingerprint density at radius 1 is 1.03 bits per heavy atom. The minimum atomic E-state index is -1.15. The molecule has 0 saturated carbocycles. The Morgan fingerprint density at radius 3 is 2.59 bits per heavy atom. The first kappa shape index (κ1) is 18.4. The lowest BCUT2D eigenvalue weighted by atomic mass is 10.1. The van der Waals surface area contributed by atoms with Crippen LogP contribution in [0.4, 0.5) is 10.1 Å². The van der Waals surface area contributed by atoms with Gasteiger partial charge in [-0.25, -0.2) is 9.18 Å². The molecule has 29 heavy (non-hydrogen) atoms. The molecule has 0 aliphatic rings. The number of anilines is 1. The van der Waals surface area contributed by atoms with Crippen molar-refractivity contribution in [2.45, 2.75) is 6.54 Å². The van der Waals surface area contributed by atoms with Crippen LogP contribution in [0.1, 0.15) is 26.4 Å². The molecule has 0 fully saturated rings. The van der Waals surface area contributed by atoms with Gasteiger partial charge in [0.25, 0.3) is 5.91 Å². The molecular formula is C22H16FN3O3. The molecule has 4 rings (SSSR count). The Balaban J connectivity index is 1.74. The van der Waals surface area contributed by atoms with Gasteiger partial charge in [0, 0.05) is 23.3 Å². The van der Waals surface area contributed by atoms with Crippen molar-refractivity contribution >= 4 is 28.5 Å². The minimum absolute atomic E-state index is 0.0238. The number of carbonyl (C=O) groups excluding carboxylic acids is 1. The summed E-state index contributed by atoms with van der Waals surface area (Å²) in [5, 5.41) is 12.4. The van der Waals surface area contributed by atoms with Gasteiger partial charge in [0.05, 0.1) is 29.1 Å². The Kier molecular flexibility index (Phi) is 4.78. The van der Waals surface area contributed by atoms with Crippen molar-refractivity contribution < 1.29 is 19.1 Å². The van der Waals surface area contributed by atoms with Crippen molar-refractivity contribution in [2.24, 2.45) is 0 Å². The van der Waals surface area contributed by atoms with E-state index in [9.17, 15) is 19.1 Å². The number of nitrogens with zero attached hydrogens (tertiary/aromatic N) is 2. The third kappa shape index (κ3) is 3.70. The fourth-order valence-electron chi connectivity index (χ4n) is 3.22. The fraction of sp³-hybridized carbons (Fsp3) is 0.0455. The van der Waals surface area contributed by atoms with Crippen molar-refractivity contribution in [3.63, 3.8) is 0 Å². The molecule has 144 valence electrons. The second-order valence-electron chi connectivity index (χ2n) is 6.46. The number of carboxylic acids is 1. The first-order valence-corrected chi connectivity index (χ1v) is 8.85. The molecule has 0 radical (unpaired) electrons. The summed E-state index contributed by atoms with van der Waals surface area (Å²) >= 11 is 0. The molecule has 2 N–H and O–H groups in total. The molecule has 0 saturated heterocycles. The molecule has 2 aromatic heterocycles. The third-order valence-electron chi connectivity index (χ3n) is 4.55. The first-order chi connectivity index (χ1) is 14.0. The second-order valence-corrected chi connectivity index (χ2v) is 6.46. The van der Waals surface area contributed by atoms with E-state index in [1.165, 1.54) is 24.3 Å². The molecule has 0 aliphatic carbocycles. The summed E-state index contributed by atoms with van der Waals surface area (Å²) in [6.07, 6.45) is 3.30. The van der Waals surface area contributed by atoms with Gasteiger partial charge in [-0.1, -0.05) is 18.2 Å². The van der Waals surface area contributed by atoms with Crippen LogP contribution in [-0.2, 0) is 6.54 Å². The van der Waals surface area contributed by atoms with Gasteiger partial charge in [-0.2, -0.15) is 0 Å². The predicted molar refractivity (Wildman–Crippen MR) is 107 cm³/mol. The predicted octanol–water partition coefficient (Wildman–Crippen LogP) is 4.17. The molecule has 7 heteroatoms. The lowest BCUT2D eigenvalue weighted by molar-refractivity contribution is 0.0698. The van der Waals surface area contributed by atoms with E-state index in [0.29, 0.717) is 17.4 Å². The number of pyridine rings is 1. The van der Waals surface area contributed by atoms with Crippen LogP contribution in [0.25, 0.3) is 10.9 Å². The van der Waals surface area contributed by atoms with E-state index < -0.39 is 17.7 Å². The van der Waals surface area contributed by atoms with Gasteiger partial charge in [0.2, 0.25) is 0 Å². The van der Waals surface area contributed by atoms with Crippen LogP contribution in [0.3, 0.4) is 0 Å². The average molecular weight is 389 g/mol.